The second-order valence-corrected chi connectivity index (χ2v) is 6.25. The molecule has 0 aliphatic rings. The molecule has 0 aliphatic heterocycles. The lowest BCUT2D eigenvalue weighted by Crippen LogP contribution is -2.37. The zero-order valence-electron chi connectivity index (χ0n) is 14.0. The molecule has 0 fully saturated rings. The quantitative estimate of drug-likeness (QED) is 0.679. The highest BCUT2D eigenvalue weighted by molar-refractivity contribution is 6.32. The molecule has 0 aliphatic carbocycles. The number of ether oxygens (including phenoxy) is 1. The molecular formula is C21H20ClNO2. The Bertz CT molecular complexity index is 878. The minimum Gasteiger partial charge on any atom is -0.479 e. The monoisotopic (exact) mass is 353 g/mol. The van der Waals surface area contributed by atoms with Crippen molar-refractivity contribution >= 4 is 28.3 Å². The van der Waals surface area contributed by atoms with E-state index in [2.05, 4.69) is 29.6 Å². The highest BCUT2D eigenvalue weighted by Crippen LogP contribution is 2.25. The molecule has 0 spiro atoms. The molecule has 1 amide bonds. The van der Waals surface area contributed by atoms with Crippen molar-refractivity contribution in [3.05, 3.63) is 77.3 Å². The van der Waals surface area contributed by atoms with Crippen molar-refractivity contribution in [3.8, 4) is 5.75 Å². The smallest absolute Gasteiger partial charge is 0.261 e. The van der Waals surface area contributed by atoms with Crippen LogP contribution in [0.4, 0.5) is 0 Å². The molecule has 0 saturated carbocycles. The van der Waals surface area contributed by atoms with E-state index in [0.29, 0.717) is 23.7 Å². The molecule has 0 radical (unpaired) electrons. The summed E-state index contributed by atoms with van der Waals surface area (Å²) in [4.78, 5) is 12.4. The van der Waals surface area contributed by atoms with Crippen LogP contribution in [0.2, 0.25) is 5.02 Å². The van der Waals surface area contributed by atoms with Gasteiger partial charge in [-0.25, -0.2) is 0 Å². The SMILES string of the molecule is CCC(Oc1ccccc1Cl)C(=O)NCc1ccc2ccccc2c1. The van der Waals surface area contributed by atoms with Crippen molar-refractivity contribution in [2.75, 3.05) is 0 Å². The molecule has 0 heterocycles. The molecular weight excluding hydrogens is 334 g/mol. The third kappa shape index (κ3) is 4.31. The maximum absolute atomic E-state index is 12.4. The third-order valence-electron chi connectivity index (χ3n) is 4.05. The minimum absolute atomic E-state index is 0.143. The highest BCUT2D eigenvalue weighted by Gasteiger charge is 2.19. The summed E-state index contributed by atoms with van der Waals surface area (Å²) in [6.45, 7) is 2.38. The highest BCUT2D eigenvalue weighted by atomic mass is 35.5. The Hall–Kier alpha value is -2.52. The second-order valence-electron chi connectivity index (χ2n) is 5.84. The van der Waals surface area contributed by atoms with Crippen LogP contribution in [0.3, 0.4) is 0 Å². The first-order valence-corrected chi connectivity index (χ1v) is 8.71. The molecule has 3 rings (SSSR count). The topological polar surface area (TPSA) is 38.3 Å². The number of rotatable bonds is 6. The fourth-order valence-corrected chi connectivity index (χ4v) is 2.85. The van der Waals surface area contributed by atoms with Crippen LogP contribution in [-0.2, 0) is 11.3 Å². The average Bonchev–Trinajstić information content (AvgIpc) is 2.65. The summed E-state index contributed by atoms with van der Waals surface area (Å²) in [5, 5.41) is 5.80. The Morgan fingerprint density at radius 2 is 1.76 bits per heavy atom. The fraction of sp³-hybridized carbons (Fsp3) is 0.190. The van der Waals surface area contributed by atoms with Crippen LogP contribution in [0, 0.1) is 0 Å². The van der Waals surface area contributed by atoms with Gasteiger partial charge >= 0.3 is 0 Å². The number of fused-ring (bicyclic) bond motifs is 1. The van der Waals surface area contributed by atoms with E-state index in [1.807, 2.05) is 37.3 Å². The Morgan fingerprint density at radius 3 is 2.52 bits per heavy atom. The van der Waals surface area contributed by atoms with Gasteiger partial charge in [-0.2, -0.15) is 0 Å². The summed E-state index contributed by atoms with van der Waals surface area (Å²) in [5.41, 5.74) is 1.06. The molecule has 4 heteroatoms. The molecule has 25 heavy (non-hydrogen) atoms. The van der Waals surface area contributed by atoms with Crippen molar-refractivity contribution < 1.29 is 9.53 Å². The molecule has 128 valence electrons. The number of halogens is 1. The Labute approximate surface area is 152 Å². The van der Waals surface area contributed by atoms with E-state index in [-0.39, 0.29) is 5.91 Å². The molecule has 3 aromatic carbocycles. The third-order valence-corrected chi connectivity index (χ3v) is 4.36. The average molecular weight is 354 g/mol. The molecule has 1 unspecified atom stereocenters. The zero-order valence-corrected chi connectivity index (χ0v) is 14.8. The molecule has 1 atom stereocenters. The Morgan fingerprint density at radius 1 is 1.04 bits per heavy atom. The molecule has 0 bridgehead atoms. The summed E-state index contributed by atoms with van der Waals surface area (Å²) in [6, 6.07) is 21.5. The number of carbonyl (C=O) groups excluding carboxylic acids is 1. The van der Waals surface area contributed by atoms with Gasteiger partial charge in [-0.05, 0) is 41.0 Å². The normalized spacial score (nSPS) is 11.9. The number of para-hydroxylation sites is 1. The van der Waals surface area contributed by atoms with E-state index in [4.69, 9.17) is 16.3 Å². The predicted octanol–water partition coefficient (Wildman–Crippen LogP) is 4.97. The van der Waals surface area contributed by atoms with Crippen LogP contribution in [0.1, 0.15) is 18.9 Å². The van der Waals surface area contributed by atoms with Crippen LogP contribution >= 0.6 is 11.6 Å². The van der Waals surface area contributed by atoms with Gasteiger partial charge in [-0.15, -0.1) is 0 Å². The van der Waals surface area contributed by atoms with E-state index < -0.39 is 6.10 Å². The molecule has 3 aromatic rings. The van der Waals surface area contributed by atoms with Crippen LogP contribution in [-0.4, -0.2) is 12.0 Å². The summed E-state index contributed by atoms with van der Waals surface area (Å²) < 4.78 is 5.77. The van der Waals surface area contributed by atoms with Crippen molar-refractivity contribution in [1.29, 1.82) is 0 Å². The first-order valence-electron chi connectivity index (χ1n) is 8.34. The molecule has 0 aromatic heterocycles. The summed E-state index contributed by atoms with van der Waals surface area (Å²) in [7, 11) is 0. The van der Waals surface area contributed by atoms with Crippen molar-refractivity contribution in [1.82, 2.24) is 5.32 Å². The zero-order chi connectivity index (χ0) is 17.6. The van der Waals surface area contributed by atoms with Crippen LogP contribution in [0.5, 0.6) is 5.75 Å². The lowest BCUT2D eigenvalue weighted by Gasteiger charge is -2.18. The van der Waals surface area contributed by atoms with Gasteiger partial charge in [-0.3, -0.25) is 4.79 Å². The van der Waals surface area contributed by atoms with Gasteiger partial charge < -0.3 is 10.1 Å². The van der Waals surface area contributed by atoms with E-state index in [9.17, 15) is 4.79 Å². The largest absolute Gasteiger partial charge is 0.479 e. The lowest BCUT2D eigenvalue weighted by molar-refractivity contribution is -0.128. The lowest BCUT2D eigenvalue weighted by atomic mass is 10.1. The number of benzene rings is 3. The first kappa shape index (κ1) is 17.3. The van der Waals surface area contributed by atoms with Crippen LogP contribution < -0.4 is 10.1 Å². The number of nitrogens with one attached hydrogen (secondary N) is 1. The van der Waals surface area contributed by atoms with Crippen molar-refractivity contribution in [2.45, 2.75) is 26.0 Å². The van der Waals surface area contributed by atoms with Gasteiger partial charge in [0.1, 0.15) is 5.75 Å². The maximum atomic E-state index is 12.4. The minimum atomic E-state index is -0.569. The van der Waals surface area contributed by atoms with Gasteiger partial charge in [0.25, 0.3) is 5.91 Å². The number of hydrogen-bond donors (Lipinski definition) is 1. The van der Waals surface area contributed by atoms with E-state index in [1.54, 1.807) is 12.1 Å². The number of amides is 1. The molecule has 3 nitrogen and oxygen atoms in total. The first-order chi connectivity index (χ1) is 12.2. The Balaban J connectivity index is 1.64. The van der Waals surface area contributed by atoms with Gasteiger partial charge in [0.2, 0.25) is 0 Å². The summed E-state index contributed by atoms with van der Waals surface area (Å²) >= 11 is 6.10. The predicted molar refractivity (Wildman–Crippen MR) is 102 cm³/mol. The maximum Gasteiger partial charge on any atom is 0.261 e. The van der Waals surface area contributed by atoms with E-state index >= 15 is 0 Å². The number of carbonyl (C=O) groups is 1. The van der Waals surface area contributed by atoms with E-state index in [1.165, 1.54) is 5.39 Å². The standard InChI is InChI=1S/C21H20ClNO2/c1-2-19(25-20-10-6-5-9-18(20)22)21(24)23-14-15-11-12-16-7-3-4-8-17(16)13-15/h3-13,19H,2,14H2,1H3,(H,23,24). The summed E-state index contributed by atoms with van der Waals surface area (Å²) in [5.74, 6) is 0.382. The molecule has 1 N–H and O–H groups in total. The number of hydrogen-bond acceptors (Lipinski definition) is 2. The van der Waals surface area contributed by atoms with Crippen molar-refractivity contribution in [3.63, 3.8) is 0 Å². The van der Waals surface area contributed by atoms with Gasteiger partial charge in [0.15, 0.2) is 6.10 Å². The fourth-order valence-electron chi connectivity index (χ4n) is 2.67. The van der Waals surface area contributed by atoms with Crippen LogP contribution in [0.15, 0.2) is 66.7 Å². The Kier molecular flexibility index (Phi) is 5.56. The summed E-state index contributed by atoms with van der Waals surface area (Å²) in [6.07, 6.45) is -0.00485. The van der Waals surface area contributed by atoms with Crippen LogP contribution in [0.25, 0.3) is 10.8 Å². The van der Waals surface area contributed by atoms with Gasteiger partial charge in [0.05, 0.1) is 5.02 Å². The second kappa shape index (κ2) is 8.04. The van der Waals surface area contributed by atoms with Gasteiger partial charge in [0, 0.05) is 6.54 Å². The van der Waals surface area contributed by atoms with Gasteiger partial charge in [-0.1, -0.05) is 67.1 Å². The molecule has 0 saturated heterocycles. The van der Waals surface area contributed by atoms with Crippen molar-refractivity contribution in [2.24, 2.45) is 0 Å². The van der Waals surface area contributed by atoms with E-state index in [0.717, 1.165) is 10.9 Å².